The van der Waals surface area contributed by atoms with Gasteiger partial charge in [-0.15, -0.1) is 0 Å². The summed E-state index contributed by atoms with van der Waals surface area (Å²) in [5.74, 6) is 0.732. The van der Waals surface area contributed by atoms with Gasteiger partial charge in [0.2, 0.25) is 6.29 Å². The third kappa shape index (κ3) is 2.90. The molecule has 0 aromatic heterocycles. The van der Waals surface area contributed by atoms with Crippen LogP contribution in [0.4, 0.5) is 0 Å². The van der Waals surface area contributed by atoms with Gasteiger partial charge < -0.3 is 4.74 Å². The van der Waals surface area contributed by atoms with E-state index in [-0.39, 0.29) is 0 Å². The Kier molecular flexibility index (Phi) is 3.50. The van der Waals surface area contributed by atoms with Crippen LogP contribution < -0.4 is 4.74 Å². The van der Waals surface area contributed by atoms with Crippen LogP contribution in [0.3, 0.4) is 0 Å². The largest absolute Gasteiger partial charge is 0.482 e. The Labute approximate surface area is 78.5 Å². The Morgan fingerprint density at radius 1 is 1.54 bits per heavy atom. The molecule has 0 aliphatic rings. The van der Waals surface area contributed by atoms with Gasteiger partial charge in [0.1, 0.15) is 5.75 Å². The first kappa shape index (κ1) is 9.78. The SMILES string of the molecule is CCc1cccc(OC(C)[C]=O)c1. The van der Waals surface area contributed by atoms with E-state index in [1.807, 2.05) is 24.3 Å². The van der Waals surface area contributed by atoms with E-state index in [1.54, 1.807) is 13.2 Å². The molecule has 13 heavy (non-hydrogen) atoms. The summed E-state index contributed by atoms with van der Waals surface area (Å²) in [5.41, 5.74) is 1.20. The second kappa shape index (κ2) is 4.65. The molecule has 0 aliphatic heterocycles. The Morgan fingerprint density at radius 3 is 2.92 bits per heavy atom. The second-order valence-corrected chi connectivity index (χ2v) is 2.88. The Balaban J connectivity index is 2.71. The highest BCUT2D eigenvalue weighted by atomic mass is 16.5. The number of hydrogen-bond donors (Lipinski definition) is 0. The van der Waals surface area contributed by atoms with Crippen LogP contribution in [0.5, 0.6) is 5.75 Å². The molecule has 0 N–H and O–H groups in total. The minimum Gasteiger partial charge on any atom is -0.482 e. The highest BCUT2D eigenvalue weighted by Gasteiger charge is 2.02. The van der Waals surface area contributed by atoms with Gasteiger partial charge in [0.15, 0.2) is 6.10 Å². The molecule has 0 saturated carbocycles. The van der Waals surface area contributed by atoms with Gasteiger partial charge in [-0.1, -0.05) is 19.1 Å². The third-order valence-electron chi connectivity index (χ3n) is 1.79. The quantitative estimate of drug-likeness (QED) is 0.704. The molecule has 2 nitrogen and oxygen atoms in total. The fourth-order valence-corrected chi connectivity index (χ4v) is 1.07. The molecular weight excluding hydrogens is 164 g/mol. The lowest BCUT2D eigenvalue weighted by Gasteiger charge is -2.08. The molecule has 0 spiro atoms. The summed E-state index contributed by atoms with van der Waals surface area (Å²) < 4.78 is 5.28. The van der Waals surface area contributed by atoms with E-state index in [0.29, 0.717) is 0 Å². The molecule has 0 saturated heterocycles. The molecule has 1 radical (unpaired) electrons. The monoisotopic (exact) mass is 177 g/mol. The van der Waals surface area contributed by atoms with E-state index in [9.17, 15) is 4.79 Å². The van der Waals surface area contributed by atoms with Crippen LogP contribution in [0.25, 0.3) is 0 Å². The molecule has 0 amide bonds. The lowest BCUT2D eigenvalue weighted by atomic mass is 10.2. The molecule has 0 aliphatic carbocycles. The van der Waals surface area contributed by atoms with Crippen molar-refractivity contribution in [3.8, 4) is 5.75 Å². The molecule has 2 heteroatoms. The first-order valence-corrected chi connectivity index (χ1v) is 4.39. The smallest absolute Gasteiger partial charge is 0.242 e. The summed E-state index contributed by atoms with van der Waals surface area (Å²) in [6.45, 7) is 3.75. The van der Waals surface area contributed by atoms with Crippen LogP contribution in [-0.4, -0.2) is 12.4 Å². The number of hydrogen-bond acceptors (Lipinski definition) is 2. The molecule has 0 bridgehead atoms. The van der Waals surface area contributed by atoms with E-state index in [4.69, 9.17) is 4.74 Å². The maximum atomic E-state index is 10.2. The van der Waals surface area contributed by atoms with Crippen LogP contribution in [0.15, 0.2) is 24.3 Å². The zero-order valence-corrected chi connectivity index (χ0v) is 7.91. The molecule has 1 unspecified atom stereocenters. The van der Waals surface area contributed by atoms with E-state index in [0.717, 1.165) is 12.2 Å². The van der Waals surface area contributed by atoms with Crippen molar-refractivity contribution in [1.82, 2.24) is 0 Å². The molecule has 0 heterocycles. The van der Waals surface area contributed by atoms with Gasteiger partial charge in [-0.05, 0) is 31.0 Å². The van der Waals surface area contributed by atoms with E-state index >= 15 is 0 Å². The Morgan fingerprint density at radius 2 is 2.31 bits per heavy atom. The van der Waals surface area contributed by atoms with E-state index in [2.05, 4.69) is 6.92 Å². The molecule has 0 fully saturated rings. The lowest BCUT2D eigenvalue weighted by Crippen LogP contribution is -2.12. The minimum atomic E-state index is -0.493. The summed E-state index contributed by atoms with van der Waals surface area (Å²) in [4.78, 5) is 10.2. The normalized spacial score (nSPS) is 12.2. The topological polar surface area (TPSA) is 26.3 Å². The highest BCUT2D eigenvalue weighted by molar-refractivity contribution is 5.57. The van der Waals surface area contributed by atoms with Gasteiger partial charge in [0.05, 0.1) is 0 Å². The fourth-order valence-electron chi connectivity index (χ4n) is 1.07. The lowest BCUT2D eigenvalue weighted by molar-refractivity contribution is 0.278. The van der Waals surface area contributed by atoms with Crippen molar-refractivity contribution in [3.05, 3.63) is 29.8 Å². The van der Waals surface area contributed by atoms with Gasteiger partial charge in [0, 0.05) is 0 Å². The highest BCUT2D eigenvalue weighted by Crippen LogP contribution is 2.14. The maximum Gasteiger partial charge on any atom is 0.242 e. The van der Waals surface area contributed by atoms with Crippen LogP contribution in [-0.2, 0) is 11.2 Å². The zero-order chi connectivity index (χ0) is 9.68. The zero-order valence-electron chi connectivity index (χ0n) is 7.91. The molecule has 1 aromatic carbocycles. The first-order chi connectivity index (χ1) is 6.26. The second-order valence-electron chi connectivity index (χ2n) is 2.88. The van der Waals surface area contributed by atoms with Gasteiger partial charge in [-0.25, -0.2) is 0 Å². The molecule has 69 valence electrons. The number of ether oxygens (including phenoxy) is 1. The Hall–Kier alpha value is -1.31. The van der Waals surface area contributed by atoms with Gasteiger partial charge in [0.25, 0.3) is 0 Å². The molecule has 1 aromatic rings. The van der Waals surface area contributed by atoms with Gasteiger partial charge >= 0.3 is 0 Å². The van der Waals surface area contributed by atoms with Crippen molar-refractivity contribution in [2.24, 2.45) is 0 Å². The van der Waals surface area contributed by atoms with Gasteiger partial charge in [-0.2, -0.15) is 0 Å². The minimum absolute atomic E-state index is 0.493. The summed E-state index contributed by atoms with van der Waals surface area (Å²) in [7, 11) is 0. The molecule has 1 atom stereocenters. The predicted molar refractivity (Wildman–Crippen MR) is 51.6 cm³/mol. The molecule has 1 rings (SSSR count). The maximum absolute atomic E-state index is 10.2. The fraction of sp³-hybridized carbons (Fsp3) is 0.364. The standard InChI is InChI=1S/C11H13O2/c1-3-10-5-4-6-11(7-10)13-9(2)8-12/h4-7,9H,3H2,1-2H3. The number of aryl methyl sites for hydroxylation is 1. The summed E-state index contributed by atoms with van der Waals surface area (Å²) in [6.07, 6.45) is 2.25. The first-order valence-electron chi connectivity index (χ1n) is 4.39. The van der Waals surface area contributed by atoms with E-state index in [1.165, 1.54) is 5.56 Å². The third-order valence-corrected chi connectivity index (χ3v) is 1.79. The van der Waals surface area contributed by atoms with Crippen molar-refractivity contribution >= 4 is 6.29 Å². The van der Waals surface area contributed by atoms with E-state index < -0.39 is 6.10 Å². The summed E-state index contributed by atoms with van der Waals surface area (Å²) >= 11 is 0. The average Bonchev–Trinajstić information content (AvgIpc) is 2.18. The predicted octanol–water partition coefficient (Wildman–Crippen LogP) is 2.13. The summed E-state index contributed by atoms with van der Waals surface area (Å²) in [6, 6.07) is 7.73. The van der Waals surface area contributed by atoms with Crippen molar-refractivity contribution in [3.63, 3.8) is 0 Å². The van der Waals surface area contributed by atoms with Crippen molar-refractivity contribution < 1.29 is 9.53 Å². The van der Waals surface area contributed by atoms with Crippen molar-refractivity contribution in [2.75, 3.05) is 0 Å². The van der Waals surface area contributed by atoms with Crippen LogP contribution in [0.2, 0.25) is 0 Å². The number of carbonyl (C=O) groups excluding carboxylic acids is 1. The van der Waals surface area contributed by atoms with Crippen LogP contribution in [0, 0.1) is 0 Å². The summed E-state index contributed by atoms with van der Waals surface area (Å²) in [5, 5.41) is 0. The van der Waals surface area contributed by atoms with Crippen molar-refractivity contribution in [1.29, 1.82) is 0 Å². The average molecular weight is 177 g/mol. The van der Waals surface area contributed by atoms with Gasteiger partial charge in [-0.3, -0.25) is 4.79 Å². The molecular formula is C11H13O2. The Bertz CT molecular complexity index is 281. The van der Waals surface area contributed by atoms with Crippen LogP contribution in [0.1, 0.15) is 19.4 Å². The van der Waals surface area contributed by atoms with Crippen molar-refractivity contribution in [2.45, 2.75) is 26.4 Å². The van der Waals surface area contributed by atoms with Crippen LogP contribution >= 0.6 is 0 Å². The number of rotatable bonds is 4. The number of benzene rings is 1.